The van der Waals surface area contributed by atoms with Gasteiger partial charge in [0.15, 0.2) is 0 Å². The molecule has 2 rings (SSSR count). The first kappa shape index (κ1) is 10.6. The lowest BCUT2D eigenvalue weighted by Crippen LogP contribution is -2.20. The number of rotatable bonds is 4. The van der Waals surface area contributed by atoms with E-state index in [1.165, 1.54) is 17.8 Å². The van der Waals surface area contributed by atoms with Crippen molar-refractivity contribution in [2.45, 2.75) is 32.9 Å². The molecule has 0 bridgehead atoms. The molecule has 0 amide bonds. The van der Waals surface area contributed by atoms with Crippen LogP contribution in [0.2, 0.25) is 0 Å². The minimum absolute atomic E-state index is 0.388. The van der Waals surface area contributed by atoms with Gasteiger partial charge in [0.25, 0.3) is 0 Å². The molecule has 4 heteroatoms. The fraction of sp³-hybridized carbons (Fsp3) is 0.545. The predicted octanol–water partition coefficient (Wildman–Crippen LogP) is 2.33. The summed E-state index contributed by atoms with van der Waals surface area (Å²) >= 11 is 1.29. The molecule has 82 valence electrons. The number of carboxylic acids is 1. The Morgan fingerprint density at radius 3 is 2.93 bits per heavy atom. The van der Waals surface area contributed by atoms with Gasteiger partial charge in [0.05, 0.1) is 0 Å². The van der Waals surface area contributed by atoms with E-state index in [2.05, 4.69) is 19.2 Å². The molecular weight excluding hydrogens is 210 g/mol. The summed E-state index contributed by atoms with van der Waals surface area (Å²) in [5.74, 6) is -0.822. The van der Waals surface area contributed by atoms with Gasteiger partial charge in [-0.1, -0.05) is 13.8 Å². The lowest BCUT2D eigenvalue weighted by Gasteiger charge is -2.05. The second-order valence-electron chi connectivity index (χ2n) is 4.71. The maximum atomic E-state index is 10.9. The van der Waals surface area contributed by atoms with Gasteiger partial charge in [0.1, 0.15) is 4.88 Å². The van der Waals surface area contributed by atoms with E-state index < -0.39 is 5.97 Å². The normalized spacial score (nSPS) is 22.7. The van der Waals surface area contributed by atoms with Crippen molar-refractivity contribution in [2.24, 2.45) is 5.41 Å². The lowest BCUT2D eigenvalue weighted by atomic mass is 10.2. The Kier molecular flexibility index (Phi) is 2.56. The second-order valence-corrected chi connectivity index (χ2v) is 5.62. The highest BCUT2D eigenvalue weighted by Gasteiger charge is 2.45. The van der Waals surface area contributed by atoms with Crippen molar-refractivity contribution in [3.8, 4) is 0 Å². The number of hydrogen-bond donors (Lipinski definition) is 2. The van der Waals surface area contributed by atoms with Crippen LogP contribution in [0.4, 0.5) is 0 Å². The van der Waals surface area contributed by atoms with Gasteiger partial charge in [-0.25, -0.2) is 4.79 Å². The summed E-state index contributed by atoms with van der Waals surface area (Å²) in [6.07, 6.45) is 1.18. The van der Waals surface area contributed by atoms with E-state index in [0.717, 1.165) is 5.56 Å². The van der Waals surface area contributed by atoms with Crippen LogP contribution in [0.1, 0.15) is 35.5 Å². The summed E-state index contributed by atoms with van der Waals surface area (Å²) in [6, 6.07) is 2.43. The van der Waals surface area contributed by atoms with Crippen LogP contribution < -0.4 is 5.32 Å². The number of aromatic carboxylic acids is 1. The van der Waals surface area contributed by atoms with Crippen molar-refractivity contribution in [2.75, 3.05) is 0 Å². The molecule has 3 nitrogen and oxygen atoms in total. The van der Waals surface area contributed by atoms with Gasteiger partial charge in [0, 0.05) is 12.6 Å². The summed E-state index contributed by atoms with van der Waals surface area (Å²) in [7, 11) is 0. The molecule has 1 heterocycles. The summed E-state index contributed by atoms with van der Waals surface area (Å²) in [5.41, 5.74) is 1.29. The van der Waals surface area contributed by atoms with E-state index in [0.29, 0.717) is 22.9 Å². The predicted molar refractivity (Wildman–Crippen MR) is 60.3 cm³/mol. The lowest BCUT2D eigenvalue weighted by molar-refractivity contribution is 0.0701. The first-order chi connectivity index (χ1) is 7.00. The highest BCUT2D eigenvalue weighted by atomic mass is 32.1. The zero-order chi connectivity index (χ0) is 11.1. The van der Waals surface area contributed by atoms with Crippen molar-refractivity contribution in [3.63, 3.8) is 0 Å². The van der Waals surface area contributed by atoms with Gasteiger partial charge in [-0.2, -0.15) is 0 Å². The third-order valence-electron chi connectivity index (χ3n) is 2.99. The number of carboxylic acid groups (broad SMARTS) is 1. The Labute approximate surface area is 93.1 Å². The summed E-state index contributed by atoms with van der Waals surface area (Å²) in [5, 5.41) is 14.1. The highest BCUT2D eigenvalue weighted by molar-refractivity contribution is 7.12. The Morgan fingerprint density at radius 2 is 2.40 bits per heavy atom. The second kappa shape index (κ2) is 3.61. The van der Waals surface area contributed by atoms with Crippen molar-refractivity contribution in [1.82, 2.24) is 5.32 Å². The maximum absolute atomic E-state index is 10.9. The number of nitrogens with one attached hydrogen (secondary N) is 1. The molecule has 1 aromatic rings. The van der Waals surface area contributed by atoms with Crippen molar-refractivity contribution >= 4 is 17.3 Å². The van der Waals surface area contributed by atoms with Crippen LogP contribution in [0.15, 0.2) is 11.4 Å². The Morgan fingerprint density at radius 1 is 1.73 bits per heavy atom. The highest BCUT2D eigenvalue weighted by Crippen LogP contribution is 2.44. The quantitative estimate of drug-likeness (QED) is 0.827. The van der Waals surface area contributed by atoms with Crippen LogP contribution in [-0.4, -0.2) is 17.1 Å². The fourth-order valence-electron chi connectivity index (χ4n) is 1.71. The topological polar surface area (TPSA) is 49.3 Å². The fourth-order valence-corrected chi connectivity index (χ4v) is 2.47. The summed E-state index contributed by atoms with van der Waals surface area (Å²) in [6.45, 7) is 5.10. The Hall–Kier alpha value is -0.870. The molecule has 0 saturated heterocycles. The molecule has 1 aromatic heterocycles. The van der Waals surface area contributed by atoms with Gasteiger partial charge in [-0.05, 0) is 28.8 Å². The standard InChI is InChI=1S/C11H15NO2S/c1-11(2)5-8(11)12-6-7-3-4-15-9(7)10(13)14/h3-4,8,12H,5-6H2,1-2H3,(H,13,14). The minimum atomic E-state index is -0.822. The van der Waals surface area contributed by atoms with E-state index in [4.69, 9.17) is 5.11 Å². The summed E-state index contributed by atoms with van der Waals surface area (Å²) in [4.78, 5) is 11.3. The third-order valence-corrected chi connectivity index (χ3v) is 3.94. The number of thiophene rings is 1. The Balaban J connectivity index is 1.94. The van der Waals surface area contributed by atoms with Gasteiger partial charge in [-0.15, -0.1) is 11.3 Å². The van der Waals surface area contributed by atoms with Crippen LogP contribution in [0.25, 0.3) is 0 Å². The molecule has 1 saturated carbocycles. The van der Waals surface area contributed by atoms with Crippen molar-refractivity contribution in [3.05, 3.63) is 21.9 Å². The molecule has 1 fully saturated rings. The zero-order valence-corrected chi connectivity index (χ0v) is 9.73. The van der Waals surface area contributed by atoms with Crippen molar-refractivity contribution in [1.29, 1.82) is 0 Å². The van der Waals surface area contributed by atoms with Gasteiger partial charge in [0.2, 0.25) is 0 Å². The van der Waals surface area contributed by atoms with Crippen LogP contribution >= 0.6 is 11.3 Å². The summed E-state index contributed by atoms with van der Waals surface area (Å²) < 4.78 is 0. The SMILES string of the molecule is CC1(C)CC1NCc1ccsc1C(=O)O. The molecule has 0 spiro atoms. The smallest absolute Gasteiger partial charge is 0.346 e. The zero-order valence-electron chi connectivity index (χ0n) is 8.91. The number of hydrogen-bond acceptors (Lipinski definition) is 3. The number of carbonyl (C=O) groups is 1. The van der Waals surface area contributed by atoms with Crippen LogP contribution in [0.5, 0.6) is 0 Å². The van der Waals surface area contributed by atoms with Crippen LogP contribution in [0, 0.1) is 5.41 Å². The molecule has 2 N–H and O–H groups in total. The van der Waals surface area contributed by atoms with Crippen molar-refractivity contribution < 1.29 is 9.90 Å². The molecule has 0 radical (unpaired) electrons. The first-order valence-electron chi connectivity index (χ1n) is 5.04. The molecule has 1 aliphatic rings. The van der Waals surface area contributed by atoms with E-state index in [-0.39, 0.29) is 0 Å². The minimum Gasteiger partial charge on any atom is -0.477 e. The molecule has 0 aromatic carbocycles. The maximum Gasteiger partial charge on any atom is 0.346 e. The molecule has 0 aliphatic heterocycles. The van der Waals surface area contributed by atoms with Gasteiger partial charge >= 0.3 is 5.97 Å². The first-order valence-corrected chi connectivity index (χ1v) is 5.92. The van der Waals surface area contributed by atoms with E-state index in [1.807, 2.05) is 11.4 Å². The average Bonchev–Trinajstić information content (AvgIpc) is 2.63. The van der Waals surface area contributed by atoms with E-state index >= 15 is 0 Å². The molecule has 1 unspecified atom stereocenters. The molecular formula is C11H15NO2S. The molecule has 1 atom stereocenters. The van der Waals surface area contributed by atoms with Crippen LogP contribution in [0.3, 0.4) is 0 Å². The monoisotopic (exact) mass is 225 g/mol. The molecule has 15 heavy (non-hydrogen) atoms. The molecule has 1 aliphatic carbocycles. The van der Waals surface area contributed by atoms with E-state index in [9.17, 15) is 4.79 Å². The Bertz CT molecular complexity index is 384. The van der Waals surface area contributed by atoms with Crippen LogP contribution in [-0.2, 0) is 6.54 Å². The largest absolute Gasteiger partial charge is 0.477 e. The van der Waals surface area contributed by atoms with Gasteiger partial charge < -0.3 is 10.4 Å². The van der Waals surface area contributed by atoms with Gasteiger partial charge in [-0.3, -0.25) is 0 Å². The van der Waals surface area contributed by atoms with E-state index in [1.54, 1.807) is 0 Å². The third kappa shape index (κ3) is 2.21. The average molecular weight is 225 g/mol.